The maximum absolute atomic E-state index is 12.2. The van der Waals surface area contributed by atoms with Gasteiger partial charge in [0.25, 0.3) is 0 Å². The number of hydrogen-bond donors (Lipinski definition) is 2. The van der Waals surface area contributed by atoms with Crippen LogP contribution in [0, 0.1) is 0 Å². The van der Waals surface area contributed by atoms with Crippen molar-refractivity contribution in [2.24, 2.45) is 0 Å². The summed E-state index contributed by atoms with van der Waals surface area (Å²) in [7, 11) is 1.53. The molecule has 21 heavy (non-hydrogen) atoms. The SMILES string of the molecule is COc1cccc(-n2c(=O)[nH]c3cccc(C(=O)O)c32)c1. The van der Waals surface area contributed by atoms with E-state index < -0.39 is 11.7 Å². The lowest BCUT2D eigenvalue weighted by Crippen LogP contribution is -2.15. The molecule has 0 atom stereocenters. The lowest BCUT2D eigenvalue weighted by Gasteiger charge is -2.07. The van der Waals surface area contributed by atoms with Crippen LogP contribution in [0.1, 0.15) is 10.4 Å². The summed E-state index contributed by atoms with van der Waals surface area (Å²) in [6.45, 7) is 0. The highest BCUT2D eigenvalue weighted by Crippen LogP contribution is 2.22. The van der Waals surface area contributed by atoms with Crippen molar-refractivity contribution >= 4 is 17.0 Å². The Morgan fingerprint density at radius 1 is 1.24 bits per heavy atom. The summed E-state index contributed by atoms with van der Waals surface area (Å²) >= 11 is 0. The number of nitrogens with zero attached hydrogens (tertiary/aromatic N) is 1. The Bertz CT molecular complexity index is 892. The van der Waals surface area contributed by atoms with Gasteiger partial charge in [-0.2, -0.15) is 0 Å². The molecule has 0 bridgehead atoms. The number of aromatic amines is 1. The van der Waals surface area contributed by atoms with E-state index in [4.69, 9.17) is 4.74 Å². The number of imidazole rings is 1. The number of nitrogens with one attached hydrogen (secondary N) is 1. The summed E-state index contributed by atoms with van der Waals surface area (Å²) in [6.07, 6.45) is 0. The molecule has 0 saturated heterocycles. The van der Waals surface area contributed by atoms with Crippen LogP contribution in [0.2, 0.25) is 0 Å². The summed E-state index contributed by atoms with van der Waals surface area (Å²) in [5.41, 5.74) is 1.02. The molecule has 0 aliphatic rings. The first-order valence-corrected chi connectivity index (χ1v) is 6.23. The van der Waals surface area contributed by atoms with Crippen molar-refractivity contribution in [3.63, 3.8) is 0 Å². The second kappa shape index (κ2) is 4.82. The summed E-state index contributed by atoms with van der Waals surface area (Å²) in [5, 5.41) is 9.31. The van der Waals surface area contributed by atoms with Gasteiger partial charge in [0.2, 0.25) is 0 Å². The van der Waals surface area contributed by atoms with Crippen LogP contribution in [0.4, 0.5) is 0 Å². The Kier molecular flexibility index (Phi) is 2.98. The second-order valence-corrected chi connectivity index (χ2v) is 4.47. The van der Waals surface area contributed by atoms with Crippen molar-refractivity contribution < 1.29 is 14.6 Å². The largest absolute Gasteiger partial charge is 0.497 e. The predicted octanol–water partition coefficient (Wildman–Crippen LogP) is 2.03. The third kappa shape index (κ3) is 2.06. The monoisotopic (exact) mass is 284 g/mol. The fraction of sp³-hybridized carbons (Fsp3) is 0.0667. The number of carboxylic acids is 1. The number of hydrogen-bond acceptors (Lipinski definition) is 3. The van der Waals surface area contributed by atoms with Crippen molar-refractivity contribution in [2.45, 2.75) is 0 Å². The highest BCUT2D eigenvalue weighted by Gasteiger charge is 2.16. The van der Waals surface area contributed by atoms with Gasteiger partial charge in [0, 0.05) is 6.07 Å². The zero-order valence-corrected chi connectivity index (χ0v) is 11.2. The first kappa shape index (κ1) is 13.0. The van der Waals surface area contributed by atoms with Crippen molar-refractivity contribution in [1.29, 1.82) is 0 Å². The lowest BCUT2D eigenvalue weighted by atomic mass is 10.1. The maximum atomic E-state index is 12.2. The van der Waals surface area contributed by atoms with Gasteiger partial charge >= 0.3 is 11.7 Å². The molecule has 1 aromatic heterocycles. The first-order valence-electron chi connectivity index (χ1n) is 6.23. The van der Waals surface area contributed by atoms with E-state index in [1.54, 1.807) is 36.4 Å². The van der Waals surface area contributed by atoms with E-state index in [9.17, 15) is 14.7 Å². The summed E-state index contributed by atoms with van der Waals surface area (Å²) < 4.78 is 6.48. The number of methoxy groups -OCH3 is 1. The van der Waals surface area contributed by atoms with Crippen LogP contribution in [0.3, 0.4) is 0 Å². The van der Waals surface area contributed by atoms with Gasteiger partial charge < -0.3 is 14.8 Å². The minimum atomic E-state index is -1.09. The van der Waals surface area contributed by atoms with E-state index >= 15 is 0 Å². The molecule has 3 aromatic rings. The van der Waals surface area contributed by atoms with Gasteiger partial charge in [-0.25, -0.2) is 9.59 Å². The Balaban J connectivity index is 2.39. The average Bonchev–Trinajstić information content (AvgIpc) is 2.82. The van der Waals surface area contributed by atoms with Crippen molar-refractivity contribution in [2.75, 3.05) is 7.11 Å². The molecule has 0 saturated carbocycles. The number of benzene rings is 2. The van der Waals surface area contributed by atoms with Gasteiger partial charge in [-0.1, -0.05) is 12.1 Å². The minimum absolute atomic E-state index is 0.0636. The van der Waals surface area contributed by atoms with E-state index in [1.165, 1.54) is 17.7 Å². The lowest BCUT2D eigenvalue weighted by molar-refractivity contribution is 0.0698. The highest BCUT2D eigenvalue weighted by atomic mass is 16.5. The fourth-order valence-corrected chi connectivity index (χ4v) is 2.33. The van der Waals surface area contributed by atoms with E-state index in [1.807, 2.05) is 0 Å². The molecule has 1 heterocycles. The average molecular weight is 284 g/mol. The molecule has 0 amide bonds. The third-order valence-electron chi connectivity index (χ3n) is 3.25. The number of carbonyl (C=O) groups is 1. The van der Waals surface area contributed by atoms with Crippen molar-refractivity contribution in [3.8, 4) is 11.4 Å². The molecule has 2 N–H and O–H groups in total. The van der Waals surface area contributed by atoms with Crippen molar-refractivity contribution in [1.82, 2.24) is 9.55 Å². The number of aromatic nitrogens is 2. The standard InChI is InChI=1S/C15H12N2O4/c1-21-10-5-2-4-9(8-10)17-13-11(14(18)19)6-3-7-12(13)16-15(17)20/h2-8H,1H3,(H,16,20)(H,18,19). The number of aromatic carboxylic acids is 1. The van der Waals surface area contributed by atoms with Gasteiger partial charge in [0.05, 0.1) is 29.4 Å². The van der Waals surface area contributed by atoms with E-state index in [0.29, 0.717) is 22.5 Å². The summed E-state index contributed by atoms with van der Waals surface area (Å²) in [4.78, 5) is 26.2. The molecule has 3 rings (SSSR count). The van der Waals surface area contributed by atoms with Gasteiger partial charge in [-0.05, 0) is 24.3 Å². The molecule has 6 nitrogen and oxygen atoms in total. The summed E-state index contributed by atoms with van der Waals surface area (Å²) in [6, 6.07) is 11.6. The van der Waals surface area contributed by atoms with Crippen LogP contribution in [0.5, 0.6) is 5.75 Å². The Hall–Kier alpha value is -3.02. The molecular formula is C15H12N2O4. The molecule has 6 heteroatoms. The molecule has 106 valence electrons. The van der Waals surface area contributed by atoms with Gasteiger partial charge in [-0.15, -0.1) is 0 Å². The van der Waals surface area contributed by atoms with E-state index in [0.717, 1.165) is 0 Å². The molecule has 0 aliphatic carbocycles. The first-order chi connectivity index (χ1) is 10.1. The molecule has 0 fully saturated rings. The molecule has 2 aromatic carbocycles. The smallest absolute Gasteiger partial charge is 0.337 e. The van der Waals surface area contributed by atoms with E-state index in [2.05, 4.69) is 4.98 Å². The van der Waals surface area contributed by atoms with Crippen LogP contribution in [-0.4, -0.2) is 27.7 Å². The molecule has 0 unspecified atom stereocenters. The fourth-order valence-electron chi connectivity index (χ4n) is 2.33. The van der Waals surface area contributed by atoms with Gasteiger partial charge in [-0.3, -0.25) is 4.57 Å². The van der Waals surface area contributed by atoms with Gasteiger partial charge in [0.1, 0.15) is 5.75 Å². The maximum Gasteiger partial charge on any atom is 0.337 e. The Morgan fingerprint density at radius 2 is 2.00 bits per heavy atom. The van der Waals surface area contributed by atoms with Crippen LogP contribution in [0.25, 0.3) is 16.7 Å². The number of rotatable bonds is 3. The second-order valence-electron chi connectivity index (χ2n) is 4.47. The Morgan fingerprint density at radius 3 is 2.71 bits per heavy atom. The topological polar surface area (TPSA) is 84.3 Å². The van der Waals surface area contributed by atoms with Crippen LogP contribution in [-0.2, 0) is 0 Å². The van der Waals surface area contributed by atoms with Crippen LogP contribution < -0.4 is 10.4 Å². The molecule has 0 aliphatic heterocycles. The number of carboxylic acid groups (broad SMARTS) is 1. The third-order valence-corrected chi connectivity index (χ3v) is 3.25. The van der Waals surface area contributed by atoms with Crippen LogP contribution >= 0.6 is 0 Å². The van der Waals surface area contributed by atoms with Gasteiger partial charge in [0.15, 0.2) is 0 Å². The normalized spacial score (nSPS) is 10.7. The zero-order chi connectivity index (χ0) is 15.0. The molecular weight excluding hydrogens is 272 g/mol. The number of para-hydroxylation sites is 1. The molecule has 0 spiro atoms. The zero-order valence-electron chi connectivity index (χ0n) is 11.2. The number of H-pyrrole nitrogens is 1. The predicted molar refractivity (Wildman–Crippen MR) is 77.4 cm³/mol. The highest BCUT2D eigenvalue weighted by molar-refractivity contribution is 6.01. The molecule has 0 radical (unpaired) electrons. The van der Waals surface area contributed by atoms with E-state index in [-0.39, 0.29) is 5.56 Å². The minimum Gasteiger partial charge on any atom is -0.497 e. The van der Waals surface area contributed by atoms with Crippen molar-refractivity contribution in [3.05, 3.63) is 58.5 Å². The Labute approximate surface area is 119 Å². The summed E-state index contributed by atoms with van der Waals surface area (Å²) in [5.74, 6) is -0.502. The number of fused-ring (bicyclic) bond motifs is 1. The number of ether oxygens (including phenoxy) is 1. The quantitative estimate of drug-likeness (QED) is 0.770. The van der Waals surface area contributed by atoms with Crippen LogP contribution in [0.15, 0.2) is 47.3 Å².